The Kier molecular flexibility index (Phi) is 4.09. The van der Waals surface area contributed by atoms with E-state index in [1.807, 2.05) is 18.2 Å². The van der Waals surface area contributed by atoms with Crippen molar-refractivity contribution in [2.24, 2.45) is 0 Å². The van der Waals surface area contributed by atoms with Gasteiger partial charge in [-0.15, -0.1) is 0 Å². The highest BCUT2D eigenvalue weighted by Gasteiger charge is 2.26. The number of nitrogen functional groups attached to an aromatic ring is 1. The Morgan fingerprint density at radius 3 is 2.08 bits per heavy atom. The number of rotatable bonds is 1. The van der Waals surface area contributed by atoms with Crippen LogP contribution in [-0.4, -0.2) is 4.57 Å². The van der Waals surface area contributed by atoms with Crippen LogP contribution in [-0.2, 0) is 0 Å². The zero-order valence-corrected chi connectivity index (χ0v) is 20.0. The molecule has 37 heavy (non-hydrogen) atoms. The number of para-hydroxylation sites is 1. The number of benzene rings is 6. The van der Waals surface area contributed by atoms with E-state index in [9.17, 15) is 0 Å². The second-order valence-corrected chi connectivity index (χ2v) is 9.59. The van der Waals surface area contributed by atoms with Gasteiger partial charge in [0.05, 0.1) is 11.0 Å². The van der Waals surface area contributed by atoms with E-state index in [4.69, 9.17) is 10.5 Å². The average Bonchev–Trinajstić information content (AvgIpc) is 3.21. The van der Waals surface area contributed by atoms with Crippen LogP contribution in [0.4, 0.5) is 5.69 Å². The summed E-state index contributed by atoms with van der Waals surface area (Å²) in [5.41, 5.74) is 14.6. The van der Waals surface area contributed by atoms with Gasteiger partial charge < -0.3 is 15.0 Å². The molecule has 3 nitrogen and oxygen atoms in total. The summed E-state index contributed by atoms with van der Waals surface area (Å²) in [4.78, 5) is 0. The summed E-state index contributed by atoms with van der Waals surface area (Å²) >= 11 is 0. The van der Waals surface area contributed by atoms with Crippen molar-refractivity contribution < 1.29 is 4.74 Å². The SMILES string of the molecule is Nc1ccc(-n2c3ccc4ccccc4c3c3ccc4c(c32)Oc2ccccc2-c2ccccc2-4)cc1. The smallest absolute Gasteiger partial charge is 0.159 e. The number of nitrogens with zero attached hydrogens (tertiary/aromatic N) is 1. The third-order valence-corrected chi connectivity index (χ3v) is 7.53. The summed E-state index contributed by atoms with van der Waals surface area (Å²) in [5, 5.41) is 4.84. The molecule has 6 aromatic carbocycles. The minimum Gasteiger partial charge on any atom is -0.454 e. The van der Waals surface area contributed by atoms with Crippen LogP contribution in [0.25, 0.3) is 60.5 Å². The predicted octanol–water partition coefficient (Wildman–Crippen LogP) is 8.96. The Morgan fingerprint density at radius 1 is 0.541 bits per heavy atom. The molecule has 0 amide bonds. The molecule has 2 heterocycles. The summed E-state index contributed by atoms with van der Waals surface area (Å²) in [5.74, 6) is 1.73. The molecule has 0 unspecified atom stereocenters. The highest BCUT2D eigenvalue weighted by Crippen LogP contribution is 2.51. The molecule has 1 aromatic heterocycles. The number of hydrogen-bond acceptors (Lipinski definition) is 2. The van der Waals surface area contributed by atoms with E-state index in [0.717, 1.165) is 45.0 Å². The highest BCUT2D eigenvalue weighted by molar-refractivity contribution is 6.23. The molecule has 0 bridgehead atoms. The van der Waals surface area contributed by atoms with Gasteiger partial charge in [-0.2, -0.15) is 0 Å². The van der Waals surface area contributed by atoms with E-state index in [1.165, 1.54) is 32.7 Å². The molecular formula is C34H22N2O. The molecule has 8 rings (SSSR count). The van der Waals surface area contributed by atoms with Crippen LogP contribution in [0.15, 0.2) is 121 Å². The highest BCUT2D eigenvalue weighted by atomic mass is 16.5. The largest absolute Gasteiger partial charge is 0.454 e. The van der Waals surface area contributed by atoms with Gasteiger partial charge in [-0.05, 0) is 64.4 Å². The Balaban J connectivity index is 1.60. The molecule has 3 heteroatoms. The molecule has 0 aliphatic carbocycles. The first-order chi connectivity index (χ1) is 18.3. The fraction of sp³-hybridized carbons (Fsp3) is 0. The van der Waals surface area contributed by atoms with Gasteiger partial charge in [-0.3, -0.25) is 0 Å². The Labute approximate surface area is 214 Å². The van der Waals surface area contributed by atoms with Crippen LogP contribution >= 0.6 is 0 Å². The van der Waals surface area contributed by atoms with Gasteiger partial charge >= 0.3 is 0 Å². The third-order valence-electron chi connectivity index (χ3n) is 7.53. The molecule has 0 fully saturated rings. The zero-order chi connectivity index (χ0) is 24.5. The molecule has 1 aliphatic rings. The molecule has 0 saturated heterocycles. The van der Waals surface area contributed by atoms with Crippen LogP contribution in [0, 0.1) is 0 Å². The first-order valence-corrected chi connectivity index (χ1v) is 12.5. The normalized spacial score (nSPS) is 12.1. The first kappa shape index (κ1) is 20.2. The molecule has 7 aromatic rings. The standard InChI is InChI=1S/C34H22N2O/c35-22-14-16-23(17-15-22)36-30-20-13-21-7-1-2-8-24(21)32(30)29-19-18-28-26-10-4-3-9-25(26)27-11-5-6-12-31(27)37-34(28)33(29)36/h1-20H,35H2. The monoisotopic (exact) mass is 474 g/mol. The fourth-order valence-corrected chi connectivity index (χ4v) is 5.89. The number of hydrogen-bond donors (Lipinski definition) is 1. The Hall–Kier alpha value is -5.02. The van der Waals surface area contributed by atoms with Gasteiger partial charge in [0.15, 0.2) is 5.75 Å². The van der Waals surface area contributed by atoms with Gasteiger partial charge in [-0.25, -0.2) is 0 Å². The number of aromatic nitrogens is 1. The number of ether oxygens (including phenoxy) is 1. The van der Waals surface area contributed by atoms with Gasteiger partial charge in [-0.1, -0.05) is 78.9 Å². The lowest BCUT2D eigenvalue weighted by Gasteiger charge is -2.15. The first-order valence-electron chi connectivity index (χ1n) is 12.5. The van der Waals surface area contributed by atoms with Gasteiger partial charge in [0, 0.05) is 33.3 Å². The molecule has 0 saturated carbocycles. The number of anilines is 1. The molecular weight excluding hydrogens is 452 g/mol. The molecule has 174 valence electrons. The molecule has 2 N–H and O–H groups in total. The average molecular weight is 475 g/mol. The van der Waals surface area contributed by atoms with Crippen molar-refractivity contribution in [3.8, 4) is 39.4 Å². The third kappa shape index (κ3) is 2.82. The van der Waals surface area contributed by atoms with Crippen LogP contribution in [0.2, 0.25) is 0 Å². The van der Waals surface area contributed by atoms with Crippen molar-refractivity contribution in [3.05, 3.63) is 121 Å². The van der Waals surface area contributed by atoms with Crippen molar-refractivity contribution in [1.29, 1.82) is 0 Å². The van der Waals surface area contributed by atoms with Crippen LogP contribution in [0.3, 0.4) is 0 Å². The quantitative estimate of drug-likeness (QED) is 0.241. The lowest BCUT2D eigenvalue weighted by molar-refractivity contribution is 0.491. The fourth-order valence-electron chi connectivity index (χ4n) is 5.89. The van der Waals surface area contributed by atoms with Gasteiger partial charge in [0.1, 0.15) is 5.75 Å². The van der Waals surface area contributed by atoms with E-state index in [1.54, 1.807) is 0 Å². The van der Waals surface area contributed by atoms with E-state index in [-0.39, 0.29) is 0 Å². The Bertz CT molecular complexity index is 2020. The van der Waals surface area contributed by atoms with Crippen molar-refractivity contribution >= 4 is 38.3 Å². The van der Waals surface area contributed by atoms with E-state index < -0.39 is 0 Å². The van der Waals surface area contributed by atoms with Crippen LogP contribution < -0.4 is 10.5 Å². The van der Waals surface area contributed by atoms with E-state index in [2.05, 4.69) is 108 Å². The summed E-state index contributed by atoms with van der Waals surface area (Å²) < 4.78 is 9.21. The summed E-state index contributed by atoms with van der Waals surface area (Å²) in [6.45, 7) is 0. The number of fused-ring (bicyclic) bond motifs is 11. The van der Waals surface area contributed by atoms with Crippen LogP contribution in [0.1, 0.15) is 0 Å². The second-order valence-electron chi connectivity index (χ2n) is 9.59. The topological polar surface area (TPSA) is 40.2 Å². The van der Waals surface area contributed by atoms with Crippen molar-refractivity contribution in [2.75, 3.05) is 5.73 Å². The van der Waals surface area contributed by atoms with Crippen LogP contribution in [0.5, 0.6) is 11.5 Å². The molecule has 0 radical (unpaired) electrons. The Morgan fingerprint density at radius 2 is 1.24 bits per heavy atom. The van der Waals surface area contributed by atoms with Gasteiger partial charge in [0.25, 0.3) is 0 Å². The van der Waals surface area contributed by atoms with Crippen molar-refractivity contribution in [1.82, 2.24) is 4.57 Å². The maximum Gasteiger partial charge on any atom is 0.159 e. The second kappa shape index (κ2) is 7.49. The predicted molar refractivity (Wildman–Crippen MR) is 154 cm³/mol. The van der Waals surface area contributed by atoms with E-state index in [0.29, 0.717) is 0 Å². The van der Waals surface area contributed by atoms with Gasteiger partial charge in [0.2, 0.25) is 0 Å². The molecule has 0 atom stereocenters. The molecule has 1 aliphatic heterocycles. The lowest BCUT2D eigenvalue weighted by atomic mass is 9.94. The summed E-state index contributed by atoms with van der Waals surface area (Å²) in [7, 11) is 0. The van der Waals surface area contributed by atoms with Crippen molar-refractivity contribution in [2.45, 2.75) is 0 Å². The van der Waals surface area contributed by atoms with Crippen molar-refractivity contribution in [3.63, 3.8) is 0 Å². The summed E-state index contributed by atoms with van der Waals surface area (Å²) in [6.07, 6.45) is 0. The lowest BCUT2D eigenvalue weighted by Crippen LogP contribution is -1.97. The zero-order valence-electron chi connectivity index (χ0n) is 20.0. The minimum atomic E-state index is 0.743. The minimum absolute atomic E-state index is 0.743. The molecule has 0 spiro atoms. The number of nitrogens with two attached hydrogens (primary N) is 1. The maximum atomic E-state index is 6.88. The van der Waals surface area contributed by atoms with E-state index >= 15 is 0 Å². The summed E-state index contributed by atoms with van der Waals surface area (Å²) in [6, 6.07) is 42.5. The maximum absolute atomic E-state index is 6.88.